The van der Waals surface area contributed by atoms with E-state index < -0.39 is 5.97 Å². The summed E-state index contributed by atoms with van der Waals surface area (Å²) in [7, 11) is 0. The molecule has 6 nitrogen and oxygen atoms in total. The third kappa shape index (κ3) is 2.18. The summed E-state index contributed by atoms with van der Waals surface area (Å²) < 4.78 is 1.63. The van der Waals surface area contributed by atoms with Gasteiger partial charge in [-0.05, 0) is 17.7 Å². The fraction of sp³-hybridized carbons (Fsp3) is 0.0714. The number of nitrogens with zero attached hydrogens (tertiary/aromatic N) is 3. The lowest BCUT2D eigenvalue weighted by atomic mass is 10.2. The number of nitrogens with one attached hydrogen (secondary N) is 1. The van der Waals surface area contributed by atoms with Gasteiger partial charge in [-0.2, -0.15) is 0 Å². The molecule has 6 heteroatoms. The number of carbonyl (C=O) groups is 1. The van der Waals surface area contributed by atoms with Crippen molar-refractivity contribution < 1.29 is 9.90 Å². The first-order chi connectivity index (χ1) is 9.75. The van der Waals surface area contributed by atoms with Crippen molar-refractivity contribution in [1.82, 2.24) is 14.6 Å². The van der Waals surface area contributed by atoms with Crippen molar-refractivity contribution in [2.45, 2.75) is 6.54 Å². The van der Waals surface area contributed by atoms with Crippen molar-refractivity contribution in [3.8, 4) is 0 Å². The number of fused-ring (bicyclic) bond motifs is 1. The van der Waals surface area contributed by atoms with Crippen LogP contribution in [0.15, 0.2) is 48.7 Å². The Kier molecular flexibility index (Phi) is 3.04. The predicted molar refractivity (Wildman–Crippen MR) is 73.7 cm³/mol. The van der Waals surface area contributed by atoms with Crippen LogP contribution in [0.1, 0.15) is 15.9 Å². The minimum Gasteiger partial charge on any atom is -0.478 e. The number of hydrogen-bond donors (Lipinski definition) is 2. The molecule has 0 aliphatic carbocycles. The number of carboxylic acid groups (broad SMARTS) is 1. The molecule has 0 atom stereocenters. The summed E-state index contributed by atoms with van der Waals surface area (Å²) in [5, 5.41) is 20.2. The minimum absolute atomic E-state index is 0.132. The molecule has 0 fully saturated rings. The Morgan fingerprint density at radius 3 is 2.70 bits per heavy atom. The van der Waals surface area contributed by atoms with E-state index in [4.69, 9.17) is 5.11 Å². The van der Waals surface area contributed by atoms with E-state index in [-0.39, 0.29) is 5.56 Å². The van der Waals surface area contributed by atoms with E-state index in [9.17, 15) is 4.79 Å². The first kappa shape index (κ1) is 12.2. The minimum atomic E-state index is -1.02. The highest BCUT2D eigenvalue weighted by Crippen LogP contribution is 2.14. The van der Waals surface area contributed by atoms with Gasteiger partial charge in [0.1, 0.15) is 5.56 Å². The van der Waals surface area contributed by atoms with Gasteiger partial charge in [0, 0.05) is 12.7 Å². The van der Waals surface area contributed by atoms with Crippen LogP contribution in [0.4, 0.5) is 5.95 Å². The highest BCUT2D eigenvalue weighted by molar-refractivity contribution is 5.94. The van der Waals surface area contributed by atoms with Crippen molar-refractivity contribution in [3.05, 3.63) is 59.8 Å². The molecule has 100 valence electrons. The first-order valence-electron chi connectivity index (χ1n) is 6.10. The summed E-state index contributed by atoms with van der Waals surface area (Å²) in [4.78, 5) is 11.1. The second kappa shape index (κ2) is 5.00. The van der Waals surface area contributed by atoms with Gasteiger partial charge in [-0.3, -0.25) is 4.40 Å². The Morgan fingerprint density at radius 1 is 1.15 bits per heavy atom. The Balaban J connectivity index is 1.90. The predicted octanol–water partition coefficient (Wildman–Crippen LogP) is 2.04. The third-order valence-electron chi connectivity index (χ3n) is 2.96. The molecule has 3 rings (SSSR count). The molecular formula is C14H12N4O2. The van der Waals surface area contributed by atoms with Gasteiger partial charge >= 0.3 is 5.97 Å². The van der Waals surface area contributed by atoms with Gasteiger partial charge in [-0.25, -0.2) is 4.79 Å². The van der Waals surface area contributed by atoms with Gasteiger partial charge in [0.2, 0.25) is 5.95 Å². The van der Waals surface area contributed by atoms with Crippen LogP contribution in [-0.4, -0.2) is 25.7 Å². The maximum absolute atomic E-state index is 11.1. The van der Waals surface area contributed by atoms with Crippen molar-refractivity contribution in [3.63, 3.8) is 0 Å². The molecular weight excluding hydrogens is 256 g/mol. The molecule has 20 heavy (non-hydrogen) atoms. The molecule has 2 N–H and O–H groups in total. The van der Waals surface area contributed by atoms with Crippen molar-refractivity contribution in [2.75, 3.05) is 5.32 Å². The molecule has 0 bridgehead atoms. The average molecular weight is 268 g/mol. The van der Waals surface area contributed by atoms with Crippen LogP contribution in [0, 0.1) is 0 Å². The molecule has 0 aliphatic heterocycles. The maximum atomic E-state index is 11.1. The van der Waals surface area contributed by atoms with Gasteiger partial charge in [0.05, 0.1) is 0 Å². The lowest BCUT2D eigenvalue weighted by Gasteiger charge is -2.04. The molecule has 0 saturated heterocycles. The molecule has 0 saturated carbocycles. The number of anilines is 1. The smallest absolute Gasteiger partial charge is 0.339 e. The molecule has 1 aromatic carbocycles. The number of aromatic carboxylic acids is 1. The van der Waals surface area contributed by atoms with E-state index in [0.717, 1.165) is 5.56 Å². The zero-order chi connectivity index (χ0) is 13.9. The summed E-state index contributed by atoms with van der Waals surface area (Å²) in [6.07, 6.45) is 1.73. The van der Waals surface area contributed by atoms with E-state index in [1.165, 1.54) is 6.07 Å². The lowest BCUT2D eigenvalue weighted by molar-refractivity contribution is 0.0698. The summed E-state index contributed by atoms with van der Waals surface area (Å²) in [6, 6.07) is 13.0. The maximum Gasteiger partial charge on any atom is 0.339 e. The Hall–Kier alpha value is -2.89. The largest absolute Gasteiger partial charge is 0.478 e. The molecule has 2 aromatic heterocycles. The molecule has 0 spiro atoms. The van der Waals surface area contributed by atoms with Crippen LogP contribution in [0.5, 0.6) is 0 Å². The second-order valence-electron chi connectivity index (χ2n) is 4.28. The van der Waals surface area contributed by atoms with E-state index >= 15 is 0 Å². The number of hydrogen-bond acceptors (Lipinski definition) is 4. The Labute approximate surface area is 114 Å². The SMILES string of the molecule is O=C(O)c1cccn2c(NCc3ccccc3)nnc12. The third-order valence-corrected chi connectivity index (χ3v) is 2.96. The number of rotatable bonds is 4. The fourth-order valence-corrected chi connectivity index (χ4v) is 1.98. The fourth-order valence-electron chi connectivity index (χ4n) is 1.98. The normalized spacial score (nSPS) is 10.6. The van der Waals surface area contributed by atoms with Crippen LogP contribution in [0.25, 0.3) is 5.65 Å². The number of aromatic nitrogens is 3. The standard InChI is InChI=1S/C14H12N4O2/c19-13(20)11-7-4-8-18-12(11)16-17-14(18)15-9-10-5-2-1-3-6-10/h1-8H,9H2,(H,15,17)(H,19,20). The first-order valence-corrected chi connectivity index (χ1v) is 6.10. The molecule has 2 heterocycles. The van der Waals surface area contributed by atoms with Gasteiger partial charge in [0.15, 0.2) is 5.65 Å². The van der Waals surface area contributed by atoms with E-state index in [2.05, 4.69) is 15.5 Å². The van der Waals surface area contributed by atoms with Gasteiger partial charge in [0.25, 0.3) is 0 Å². The van der Waals surface area contributed by atoms with Crippen molar-refractivity contribution in [2.24, 2.45) is 0 Å². The van der Waals surface area contributed by atoms with Crippen molar-refractivity contribution >= 4 is 17.6 Å². The van der Waals surface area contributed by atoms with E-state index in [1.54, 1.807) is 16.7 Å². The Bertz CT molecular complexity index is 752. The molecule has 0 amide bonds. The quantitative estimate of drug-likeness (QED) is 0.757. The topological polar surface area (TPSA) is 79.5 Å². The van der Waals surface area contributed by atoms with Gasteiger partial charge < -0.3 is 10.4 Å². The monoisotopic (exact) mass is 268 g/mol. The van der Waals surface area contributed by atoms with Crippen LogP contribution >= 0.6 is 0 Å². The average Bonchev–Trinajstić information content (AvgIpc) is 2.89. The van der Waals surface area contributed by atoms with Crippen LogP contribution in [-0.2, 0) is 6.54 Å². The van der Waals surface area contributed by atoms with Gasteiger partial charge in [-0.15, -0.1) is 10.2 Å². The zero-order valence-electron chi connectivity index (χ0n) is 10.5. The summed E-state index contributed by atoms with van der Waals surface area (Å²) in [5.74, 6) is -0.496. The summed E-state index contributed by atoms with van der Waals surface area (Å²) in [5.41, 5.74) is 1.57. The molecule has 3 aromatic rings. The number of pyridine rings is 1. The second-order valence-corrected chi connectivity index (χ2v) is 4.28. The summed E-state index contributed by atoms with van der Waals surface area (Å²) >= 11 is 0. The van der Waals surface area contributed by atoms with Crippen LogP contribution in [0.3, 0.4) is 0 Å². The van der Waals surface area contributed by atoms with E-state index in [1.807, 2.05) is 30.3 Å². The molecule has 0 unspecified atom stereocenters. The molecule has 0 radical (unpaired) electrons. The summed E-state index contributed by atoms with van der Waals surface area (Å²) in [6.45, 7) is 0.596. The van der Waals surface area contributed by atoms with Crippen LogP contribution in [0.2, 0.25) is 0 Å². The van der Waals surface area contributed by atoms with Crippen molar-refractivity contribution in [1.29, 1.82) is 0 Å². The Morgan fingerprint density at radius 2 is 1.95 bits per heavy atom. The molecule has 0 aliphatic rings. The zero-order valence-corrected chi connectivity index (χ0v) is 10.5. The van der Waals surface area contributed by atoms with Crippen LogP contribution < -0.4 is 5.32 Å². The van der Waals surface area contributed by atoms with Gasteiger partial charge in [-0.1, -0.05) is 30.3 Å². The van der Waals surface area contributed by atoms with E-state index in [0.29, 0.717) is 18.1 Å². The number of carboxylic acids is 1. The lowest BCUT2D eigenvalue weighted by Crippen LogP contribution is -2.04. The highest BCUT2D eigenvalue weighted by Gasteiger charge is 2.13. The number of benzene rings is 1. The highest BCUT2D eigenvalue weighted by atomic mass is 16.4.